The second-order valence-corrected chi connectivity index (χ2v) is 6.37. The van der Waals surface area contributed by atoms with Crippen LogP contribution in [0.4, 0.5) is 5.69 Å². The number of rotatable bonds is 13. The summed E-state index contributed by atoms with van der Waals surface area (Å²) in [6.45, 7) is 3.34. The number of unbranched alkanes of at least 4 members (excludes halogenated alkanes) is 3. The molecule has 0 aliphatic heterocycles. The van der Waals surface area contributed by atoms with E-state index < -0.39 is 0 Å². The van der Waals surface area contributed by atoms with Gasteiger partial charge in [0.2, 0.25) is 0 Å². The van der Waals surface area contributed by atoms with Gasteiger partial charge in [-0.05, 0) is 36.9 Å². The van der Waals surface area contributed by atoms with Crippen LogP contribution < -0.4 is 5.32 Å². The van der Waals surface area contributed by atoms with Gasteiger partial charge in [-0.15, -0.1) is 0 Å². The van der Waals surface area contributed by atoms with Gasteiger partial charge in [-0.2, -0.15) is 0 Å². The second-order valence-electron chi connectivity index (χ2n) is 6.37. The lowest BCUT2D eigenvalue weighted by molar-refractivity contribution is -0.384. The quantitative estimate of drug-likeness (QED) is 0.326. The lowest BCUT2D eigenvalue weighted by Gasteiger charge is -2.06. The summed E-state index contributed by atoms with van der Waals surface area (Å²) in [7, 11) is 0. The first kappa shape index (κ1) is 20.1. The SMILES string of the molecule is O=[N+]([O-])c1cccc(CCOCCCCCCNCc2ccccc2)c1. The van der Waals surface area contributed by atoms with Crippen LogP contribution in [0, 0.1) is 10.1 Å². The lowest BCUT2D eigenvalue weighted by Crippen LogP contribution is -2.14. The van der Waals surface area contributed by atoms with Crippen LogP contribution >= 0.6 is 0 Å². The molecular weight excluding hydrogens is 328 g/mol. The second kappa shape index (κ2) is 12.2. The first-order valence-electron chi connectivity index (χ1n) is 9.31. The minimum atomic E-state index is -0.362. The van der Waals surface area contributed by atoms with Gasteiger partial charge in [0.15, 0.2) is 0 Å². The van der Waals surface area contributed by atoms with Crippen molar-refractivity contribution < 1.29 is 9.66 Å². The zero-order valence-electron chi connectivity index (χ0n) is 15.2. The van der Waals surface area contributed by atoms with Crippen molar-refractivity contribution in [3.8, 4) is 0 Å². The highest BCUT2D eigenvalue weighted by Crippen LogP contribution is 2.13. The first-order chi connectivity index (χ1) is 12.8. The summed E-state index contributed by atoms with van der Waals surface area (Å²) in [4.78, 5) is 10.4. The van der Waals surface area contributed by atoms with Crippen LogP contribution in [0.1, 0.15) is 36.8 Å². The number of ether oxygens (including phenoxy) is 1. The van der Waals surface area contributed by atoms with E-state index in [4.69, 9.17) is 4.74 Å². The zero-order chi connectivity index (χ0) is 18.5. The Morgan fingerprint density at radius 3 is 2.46 bits per heavy atom. The summed E-state index contributed by atoms with van der Waals surface area (Å²) in [5.41, 5.74) is 2.41. The predicted molar refractivity (Wildman–Crippen MR) is 104 cm³/mol. The number of nitro groups is 1. The standard InChI is InChI=1S/C21H28N2O3/c24-23(25)21-12-8-11-19(17-21)13-16-26-15-7-2-1-6-14-22-18-20-9-4-3-5-10-20/h3-5,8-12,17,22H,1-2,6-7,13-16,18H2. The first-order valence-corrected chi connectivity index (χ1v) is 9.31. The maximum atomic E-state index is 10.7. The van der Waals surface area contributed by atoms with Gasteiger partial charge in [0.1, 0.15) is 0 Å². The molecular formula is C21H28N2O3. The summed E-state index contributed by atoms with van der Waals surface area (Å²) >= 11 is 0. The van der Waals surface area contributed by atoms with E-state index in [0.717, 1.165) is 31.7 Å². The topological polar surface area (TPSA) is 64.4 Å². The number of hydrogen-bond donors (Lipinski definition) is 1. The molecule has 5 heteroatoms. The predicted octanol–water partition coefficient (Wildman–Crippen LogP) is 4.50. The van der Waals surface area contributed by atoms with Gasteiger partial charge in [-0.25, -0.2) is 0 Å². The summed E-state index contributed by atoms with van der Waals surface area (Å²) in [6.07, 6.45) is 5.33. The van der Waals surface area contributed by atoms with Crippen molar-refractivity contribution in [1.29, 1.82) is 0 Å². The van der Waals surface area contributed by atoms with Gasteiger partial charge in [0.05, 0.1) is 11.5 Å². The van der Waals surface area contributed by atoms with E-state index in [1.54, 1.807) is 12.1 Å². The van der Waals surface area contributed by atoms with Crippen molar-refractivity contribution in [3.05, 3.63) is 75.8 Å². The molecule has 0 amide bonds. The minimum Gasteiger partial charge on any atom is -0.381 e. The third kappa shape index (κ3) is 8.23. The number of hydrogen-bond acceptors (Lipinski definition) is 4. The van der Waals surface area contributed by atoms with Crippen molar-refractivity contribution in [2.24, 2.45) is 0 Å². The summed E-state index contributed by atoms with van der Waals surface area (Å²) in [5.74, 6) is 0. The smallest absolute Gasteiger partial charge is 0.269 e. The zero-order valence-corrected chi connectivity index (χ0v) is 15.2. The van der Waals surface area contributed by atoms with Gasteiger partial charge >= 0.3 is 0 Å². The molecule has 0 aliphatic carbocycles. The van der Waals surface area contributed by atoms with E-state index in [1.807, 2.05) is 12.1 Å². The maximum absolute atomic E-state index is 10.7. The van der Waals surface area contributed by atoms with Crippen LogP contribution in [-0.4, -0.2) is 24.7 Å². The third-order valence-corrected chi connectivity index (χ3v) is 4.22. The minimum absolute atomic E-state index is 0.142. The summed E-state index contributed by atoms with van der Waals surface area (Å²) < 4.78 is 5.64. The fourth-order valence-electron chi connectivity index (χ4n) is 2.75. The van der Waals surface area contributed by atoms with E-state index >= 15 is 0 Å². The number of nitrogens with zero attached hydrogens (tertiary/aromatic N) is 1. The van der Waals surface area contributed by atoms with Crippen LogP contribution in [0.15, 0.2) is 54.6 Å². The Morgan fingerprint density at radius 2 is 1.65 bits per heavy atom. The molecule has 0 saturated heterocycles. The molecule has 26 heavy (non-hydrogen) atoms. The molecule has 0 unspecified atom stereocenters. The Morgan fingerprint density at radius 1 is 0.885 bits per heavy atom. The average Bonchev–Trinajstić information content (AvgIpc) is 2.67. The van der Waals surface area contributed by atoms with Crippen LogP contribution in [0.5, 0.6) is 0 Å². The Kier molecular flexibility index (Phi) is 9.40. The molecule has 0 bridgehead atoms. The molecule has 0 radical (unpaired) electrons. The molecule has 2 aromatic rings. The normalized spacial score (nSPS) is 10.8. The third-order valence-electron chi connectivity index (χ3n) is 4.22. The van der Waals surface area contributed by atoms with Gasteiger partial charge in [-0.3, -0.25) is 10.1 Å². The Hall–Kier alpha value is -2.24. The molecule has 0 fully saturated rings. The molecule has 0 spiro atoms. The number of non-ortho nitro benzene ring substituents is 1. The maximum Gasteiger partial charge on any atom is 0.269 e. The van der Waals surface area contributed by atoms with Crippen molar-refractivity contribution >= 4 is 5.69 Å². The fraction of sp³-hybridized carbons (Fsp3) is 0.429. The van der Waals surface area contributed by atoms with Crippen LogP contribution in [0.25, 0.3) is 0 Å². The molecule has 0 saturated carbocycles. The Bertz CT molecular complexity index is 647. The molecule has 5 nitrogen and oxygen atoms in total. The Balaban J connectivity index is 1.41. The highest BCUT2D eigenvalue weighted by atomic mass is 16.6. The van der Waals surface area contributed by atoms with Crippen molar-refractivity contribution in [2.75, 3.05) is 19.8 Å². The van der Waals surface area contributed by atoms with E-state index in [9.17, 15) is 10.1 Å². The molecule has 2 rings (SSSR count). The summed E-state index contributed by atoms with van der Waals surface area (Å²) in [6, 6.07) is 17.2. The molecule has 0 heterocycles. The van der Waals surface area contributed by atoms with Crippen LogP contribution in [0.3, 0.4) is 0 Å². The van der Waals surface area contributed by atoms with E-state index in [-0.39, 0.29) is 10.6 Å². The van der Waals surface area contributed by atoms with Crippen molar-refractivity contribution in [3.63, 3.8) is 0 Å². The van der Waals surface area contributed by atoms with E-state index in [0.29, 0.717) is 13.0 Å². The lowest BCUT2D eigenvalue weighted by atomic mass is 10.1. The molecule has 2 aromatic carbocycles. The summed E-state index contributed by atoms with van der Waals surface area (Å²) in [5, 5.41) is 14.2. The largest absolute Gasteiger partial charge is 0.381 e. The van der Waals surface area contributed by atoms with Gasteiger partial charge < -0.3 is 10.1 Å². The average molecular weight is 356 g/mol. The van der Waals surface area contributed by atoms with Crippen LogP contribution in [0.2, 0.25) is 0 Å². The molecule has 140 valence electrons. The molecule has 0 atom stereocenters. The molecule has 0 aromatic heterocycles. The Labute approximate surface area is 155 Å². The van der Waals surface area contributed by atoms with Crippen molar-refractivity contribution in [2.45, 2.75) is 38.6 Å². The number of benzene rings is 2. The van der Waals surface area contributed by atoms with E-state index in [2.05, 4.69) is 29.6 Å². The van der Waals surface area contributed by atoms with Gasteiger partial charge in [0, 0.05) is 25.3 Å². The van der Waals surface area contributed by atoms with Gasteiger partial charge in [-0.1, -0.05) is 55.3 Å². The number of nitrogens with one attached hydrogen (secondary N) is 1. The highest BCUT2D eigenvalue weighted by molar-refractivity contribution is 5.34. The number of nitro benzene ring substituents is 1. The molecule has 1 N–H and O–H groups in total. The fourth-order valence-corrected chi connectivity index (χ4v) is 2.75. The highest BCUT2D eigenvalue weighted by Gasteiger charge is 2.05. The van der Waals surface area contributed by atoms with Crippen LogP contribution in [-0.2, 0) is 17.7 Å². The molecule has 0 aliphatic rings. The van der Waals surface area contributed by atoms with E-state index in [1.165, 1.54) is 30.9 Å². The van der Waals surface area contributed by atoms with Crippen molar-refractivity contribution in [1.82, 2.24) is 5.32 Å². The van der Waals surface area contributed by atoms with Gasteiger partial charge in [0.25, 0.3) is 5.69 Å². The monoisotopic (exact) mass is 356 g/mol.